The summed E-state index contributed by atoms with van der Waals surface area (Å²) in [6, 6.07) is -0.672. The minimum Gasteiger partial charge on any atom is -0.459 e. The Kier molecular flexibility index (Phi) is 11.9. The summed E-state index contributed by atoms with van der Waals surface area (Å²) in [6.45, 7) is 7.53. The number of nitrogens with zero attached hydrogens (tertiary/aromatic N) is 1. The summed E-state index contributed by atoms with van der Waals surface area (Å²) in [6.07, 6.45) is 12.5. The zero-order valence-electron chi connectivity index (χ0n) is 29.6. The fourth-order valence-corrected chi connectivity index (χ4v) is 7.99. The molecule has 5 rings (SSSR count). The molecule has 3 saturated carbocycles. The summed E-state index contributed by atoms with van der Waals surface area (Å²) in [4.78, 5) is 83.6. The number of nitrogens with one attached hydrogen (secondary N) is 4. The summed E-state index contributed by atoms with van der Waals surface area (Å²) in [5.74, 6) is -2.94. The third-order valence-electron chi connectivity index (χ3n) is 10.8. The fraction of sp³-hybridized carbons (Fsp3) is 0.730. The van der Waals surface area contributed by atoms with E-state index >= 15 is 0 Å². The molecule has 2 heterocycles. The minimum atomic E-state index is -0.986. The lowest BCUT2D eigenvalue weighted by Gasteiger charge is -2.40. The van der Waals surface area contributed by atoms with Crippen molar-refractivity contribution < 1.29 is 33.2 Å². The third-order valence-corrected chi connectivity index (χ3v) is 10.8. The van der Waals surface area contributed by atoms with Crippen molar-refractivity contribution in [1.29, 1.82) is 0 Å². The minimum absolute atomic E-state index is 0.0150. The maximum atomic E-state index is 14.8. The van der Waals surface area contributed by atoms with Gasteiger partial charge in [0.25, 0.3) is 11.8 Å². The van der Waals surface area contributed by atoms with Crippen LogP contribution in [-0.2, 0) is 24.0 Å². The van der Waals surface area contributed by atoms with Crippen LogP contribution in [0.15, 0.2) is 22.8 Å². The largest absolute Gasteiger partial charge is 0.459 e. The fourth-order valence-electron chi connectivity index (χ4n) is 7.99. The molecular formula is C37H55N5O7. The van der Waals surface area contributed by atoms with E-state index in [0.717, 1.165) is 70.6 Å². The van der Waals surface area contributed by atoms with Crippen molar-refractivity contribution in [2.75, 3.05) is 0 Å². The van der Waals surface area contributed by atoms with Gasteiger partial charge in [-0.15, -0.1) is 0 Å². The van der Waals surface area contributed by atoms with Crippen LogP contribution in [0.2, 0.25) is 0 Å². The molecule has 1 aromatic heterocycles. The van der Waals surface area contributed by atoms with Crippen LogP contribution in [0, 0.1) is 17.3 Å². The SMILES string of the molecule is CCC[C@H](NC(=O)[C@@H]1C[C@@H]2CCCC[C@@H]2N1C(=O)[C@@H](NC(=O)C(NC(=O)c1ccco1)C1CCCCC1)C(C)(C)C)C(=O)C(=O)NC1CC1. The van der Waals surface area contributed by atoms with Crippen LogP contribution in [0.25, 0.3) is 0 Å². The molecule has 49 heavy (non-hydrogen) atoms. The van der Waals surface area contributed by atoms with Crippen LogP contribution < -0.4 is 21.3 Å². The molecular weight excluding hydrogens is 626 g/mol. The second kappa shape index (κ2) is 15.9. The second-order valence-electron chi connectivity index (χ2n) is 15.7. The first-order valence-electron chi connectivity index (χ1n) is 18.5. The maximum absolute atomic E-state index is 14.8. The Balaban J connectivity index is 1.37. The highest BCUT2D eigenvalue weighted by molar-refractivity contribution is 6.38. The molecule has 6 atom stereocenters. The van der Waals surface area contributed by atoms with Gasteiger partial charge in [-0.1, -0.05) is 66.2 Å². The monoisotopic (exact) mass is 681 g/mol. The zero-order valence-corrected chi connectivity index (χ0v) is 29.6. The lowest BCUT2D eigenvalue weighted by molar-refractivity contribution is -0.147. The molecule has 0 bridgehead atoms. The highest BCUT2D eigenvalue weighted by Crippen LogP contribution is 2.41. The van der Waals surface area contributed by atoms with E-state index in [2.05, 4.69) is 21.3 Å². The molecule has 12 nitrogen and oxygen atoms in total. The Morgan fingerprint density at radius 2 is 1.59 bits per heavy atom. The van der Waals surface area contributed by atoms with E-state index in [1.165, 1.54) is 6.26 Å². The van der Waals surface area contributed by atoms with Gasteiger partial charge >= 0.3 is 0 Å². The molecule has 4 fully saturated rings. The van der Waals surface area contributed by atoms with Crippen LogP contribution in [0.3, 0.4) is 0 Å². The number of fused-ring (bicyclic) bond motifs is 1. The molecule has 0 aromatic carbocycles. The highest BCUT2D eigenvalue weighted by Gasteiger charge is 2.51. The summed E-state index contributed by atoms with van der Waals surface area (Å²) < 4.78 is 5.29. The number of ketones is 1. The number of hydrogen-bond donors (Lipinski definition) is 4. The molecule has 12 heteroatoms. The Bertz CT molecular complexity index is 1360. The predicted molar refractivity (Wildman–Crippen MR) is 182 cm³/mol. The van der Waals surface area contributed by atoms with Gasteiger partial charge in [-0.3, -0.25) is 28.8 Å². The van der Waals surface area contributed by atoms with Crippen LogP contribution in [-0.4, -0.2) is 76.5 Å². The lowest BCUT2D eigenvalue weighted by Crippen LogP contribution is -2.63. The van der Waals surface area contributed by atoms with Gasteiger partial charge in [-0.2, -0.15) is 0 Å². The maximum Gasteiger partial charge on any atom is 0.289 e. The van der Waals surface area contributed by atoms with Gasteiger partial charge in [0.1, 0.15) is 18.1 Å². The van der Waals surface area contributed by atoms with E-state index in [1.807, 2.05) is 27.7 Å². The number of Topliss-reactive ketones (excluding diaryl/α,β-unsaturated/α-hetero) is 1. The molecule has 0 spiro atoms. The number of likely N-dealkylation sites (tertiary alicyclic amines) is 1. The molecule has 270 valence electrons. The second-order valence-corrected chi connectivity index (χ2v) is 15.7. The summed E-state index contributed by atoms with van der Waals surface area (Å²) in [5, 5.41) is 11.5. The molecule has 1 saturated heterocycles. The van der Waals surface area contributed by atoms with Crippen molar-refractivity contribution in [3.63, 3.8) is 0 Å². The van der Waals surface area contributed by atoms with Crippen molar-refractivity contribution in [2.24, 2.45) is 17.3 Å². The third kappa shape index (κ3) is 8.91. The molecule has 1 unspecified atom stereocenters. The Morgan fingerprint density at radius 1 is 0.898 bits per heavy atom. The van der Waals surface area contributed by atoms with Crippen LogP contribution in [0.4, 0.5) is 0 Å². The predicted octanol–water partition coefficient (Wildman–Crippen LogP) is 3.78. The zero-order chi connectivity index (χ0) is 35.3. The molecule has 1 aromatic rings. The average molecular weight is 682 g/mol. The first kappa shape index (κ1) is 36.6. The smallest absolute Gasteiger partial charge is 0.289 e. The molecule has 3 aliphatic carbocycles. The Labute approximate surface area is 289 Å². The van der Waals surface area contributed by atoms with E-state index in [9.17, 15) is 28.8 Å². The van der Waals surface area contributed by atoms with Gasteiger partial charge in [-0.25, -0.2) is 0 Å². The van der Waals surface area contributed by atoms with Crippen LogP contribution in [0.5, 0.6) is 0 Å². The summed E-state index contributed by atoms with van der Waals surface area (Å²) in [5.41, 5.74) is -0.732. The molecule has 4 aliphatic rings. The van der Waals surface area contributed by atoms with Gasteiger partial charge in [0.05, 0.1) is 12.3 Å². The van der Waals surface area contributed by atoms with Crippen LogP contribution >= 0.6 is 0 Å². The van der Waals surface area contributed by atoms with Gasteiger partial charge in [0, 0.05) is 12.1 Å². The van der Waals surface area contributed by atoms with Gasteiger partial charge in [-0.05, 0) is 80.8 Å². The van der Waals surface area contributed by atoms with Crippen molar-refractivity contribution in [3.05, 3.63) is 24.2 Å². The number of rotatable bonds is 13. The number of carbonyl (C=O) groups is 6. The van der Waals surface area contributed by atoms with Crippen LogP contribution in [0.1, 0.15) is 128 Å². The van der Waals surface area contributed by atoms with E-state index in [4.69, 9.17) is 4.42 Å². The standard InChI is InChI=1S/C37H55N5O7/c1-5-12-25(30(43)35(47)38-24-18-19-24)39-32(44)27-21-23-15-9-10-16-26(23)42(27)36(48)31(37(2,3)4)41-34(46)29(22-13-7-6-8-14-22)40-33(45)28-17-11-20-49-28/h11,17,20,22-27,29,31H,5-10,12-16,18-19,21H2,1-4H3,(H,38,47)(H,39,44)(H,40,45)(H,41,46)/t23-,25-,26-,27-,29?,31+/m0/s1. The first-order chi connectivity index (χ1) is 23.4. The number of furan rings is 1. The normalized spacial score (nSPS) is 24.6. The molecule has 1 aliphatic heterocycles. The van der Waals surface area contributed by atoms with Gasteiger partial charge < -0.3 is 30.6 Å². The molecule has 4 N–H and O–H groups in total. The van der Waals surface area contributed by atoms with Crippen molar-refractivity contribution in [2.45, 2.75) is 154 Å². The van der Waals surface area contributed by atoms with Gasteiger partial charge in [0.2, 0.25) is 23.5 Å². The average Bonchev–Trinajstić information content (AvgIpc) is 3.55. The number of carbonyl (C=O) groups excluding carboxylic acids is 6. The number of hydrogen-bond acceptors (Lipinski definition) is 7. The first-order valence-corrected chi connectivity index (χ1v) is 18.5. The van der Waals surface area contributed by atoms with E-state index in [0.29, 0.717) is 19.3 Å². The van der Waals surface area contributed by atoms with E-state index in [1.54, 1.807) is 17.0 Å². The molecule has 0 radical (unpaired) electrons. The Hall–Kier alpha value is -3.70. The van der Waals surface area contributed by atoms with E-state index in [-0.39, 0.29) is 35.6 Å². The van der Waals surface area contributed by atoms with Crippen molar-refractivity contribution in [3.8, 4) is 0 Å². The summed E-state index contributed by atoms with van der Waals surface area (Å²) >= 11 is 0. The quantitative estimate of drug-likeness (QED) is 0.230. The number of amides is 5. The Morgan fingerprint density at radius 3 is 2.22 bits per heavy atom. The van der Waals surface area contributed by atoms with E-state index < -0.39 is 59.0 Å². The topological polar surface area (TPSA) is 167 Å². The summed E-state index contributed by atoms with van der Waals surface area (Å²) in [7, 11) is 0. The van der Waals surface area contributed by atoms with Gasteiger partial charge in [0.15, 0.2) is 5.76 Å². The highest BCUT2D eigenvalue weighted by atomic mass is 16.3. The molecule has 5 amide bonds. The van der Waals surface area contributed by atoms with Crippen molar-refractivity contribution >= 4 is 35.3 Å². The lowest BCUT2D eigenvalue weighted by atomic mass is 9.81. The van der Waals surface area contributed by atoms with Crippen molar-refractivity contribution in [1.82, 2.24) is 26.2 Å².